The third-order valence-corrected chi connectivity index (χ3v) is 20.1. The maximum Gasteiger partial charge on any atom is -0.0132 e. The number of hydrogen-bond donors (Lipinski definition) is 0. The van der Waals surface area contributed by atoms with E-state index in [0.717, 1.165) is 46.3 Å². The van der Waals surface area contributed by atoms with Crippen LogP contribution in [-0.4, -0.2) is 22.6 Å². The van der Waals surface area contributed by atoms with Gasteiger partial charge in [-0.15, -0.1) is 0 Å². The second-order valence-corrected chi connectivity index (χ2v) is 19.9. The van der Waals surface area contributed by atoms with Crippen molar-refractivity contribution in [2.75, 3.05) is 0 Å². The van der Waals surface area contributed by atoms with Gasteiger partial charge in [-0.3, -0.25) is 0 Å². The molecule has 2 heteroatoms. The summed E-state index contributed by atoms with van der Waals surface area (Å²) in [6.07, 6.45) is 34.0. The molecule has 1 aromatic rings. The molecule has 0 spiro atoms. The number of benzene rings is 1. The first-order valence-electron chi connectivity index (χ1n) is 17.5. The lowest BCUT2D eigenvalue weighted by atomic mass is 9.80. The minimum atomic E-state index is 0.0527. The van der Waals surface area contributed by atoms with Gasteiger partial charge in [0.15, 0.2) is 0 Å². The highest BCUT2D eigenvalue weighted by Gasteiger charge is 2.53. The normalized spacial score (nSPS) is 35.6. The molecular formula is C36H56P2. The van der Waals surface area contributed by atoms with Gasteiger partial charge in [0.05, 0.1) is 0 Å². The second-order valence-electron chi connectivity index (χ2n) is 14.6. The molecule has 0 nitrogen and oxygen atoms in total. The van der Waals surface area contributed by atoms with Gasteiger partial charge in [0.1, 0.15) is 0 Å². The van der Waals surface area contributed by atoms with E-state index in [9.17, 15) is 0 Å². The van der Waals surface area contributed by atoms with Crippen molar-refractivity contribution < 1.29 is 0 Å². The highest BCUT2D eigenvalue weighted by Crippen LogP contribution is 2.70. The highest BCUT2D eigenvalue weighted by molar-refractivity contribution is 7.74. The average molecular weight is 551 g/mol. The minimum Gasteiger partial charge on any atom is -0.0677 e. The van der Waals surface area contributed by atoms with Gasteiger partial charge in [0.2, 0.25) is 0 Å². The van der Waals surface area contributed by atoms with Crippen LogP contribution < -0.4 is 10.6 Å². The van der Waals surface area contributed by atoms with Crippen LogP contribution in [0.25, 0.3) is 0 Å². The van der Waals surface area contributed by atoms with Crippen molar-refractivity contribution >= 4 is 26.5 Å². The Labute approximate surface area is 237 Å². The molecule has 4 aliphatic carbocycles. The molecule has 6 aliphatic rings. The summed E-state index contributed by atoms with van der Waals surface area (Å²) in [7, 11) is 0.105. The van der Waals surface area contributed by atoms with E-state index in [1.54, 1.807) is 64.2 Å². The molecule has 4 saturated carbocycles. The van der Waals surface area contributed by atoms with Crippen molar-refractivity contribution in [3.8, 4) is 0 Å². The molecule has 0 aromatic heterocycles. The molecule has 0 N–H and O–H groups in total. The lowest BCUT2D eigenvalue weighted by molar-refractivity contribution is 0.275. The molecule has 38 heavy (non-hydrogen) atoms. The van der Waals surface area contributed by atoms with Crippen molar-refractivity contribution in [1.82, 2.24) is 0 Å². The van der Waals surface area contributed by atoms with Gasteiger partial charge in [-0.25, -0.2) is 0 Å². The zero-order valence-electron chi connectivity index (χ0n) is 24.4. The summed E-state index contributed by atoms with van der Waals surface area (Å²) in [6.45, 7) is 0. The summed E-state index contributed by atoms with van der Waals surface area (Å²) in [5.74, 6) is 4.28. The maximum atomic E-state index is 2.74. The van der Waals surface area contributed by atoms with Crippen molar-refractivity contribution in [1.29, 1.82) is 0 Å². The van der Waals surface area contributed by atoms with Crippen LogP contribution in [0.3, 0.4) is 0 Å². The Morgan fingerprint density at radius 1 is 0.368 bits per heavy atom. The third-order valence-electron chi connectivity index (χ3n) is 12.6. The molecule has 2 aliphatic heterocycles. The van der Waals surface area contributed by atoms with E-state index in [1.807, 2.05) is 10.6 Å². The van der Waals surface area contributed by atoms with Crippen LogP contribution in [0.2, 0.25) is 0 Å². The summed E-state index contributed by atoms with van der Waals surface area (Å²) < 4.78 is 0. The number of hydrogen-bond acceptors (Lipinski definition) is 0. The van der Waals surface area contributed by atoms with Crippen molar-refractivity contribution in [2.24, 2.45) is 23.7 Å². The van der Waals surface area contributed by atoms with Gasteiger partial charge in [-0.1, -0.05) is 117 Å². The minimum absolute atomic E-state index is 0.0527. The van der Waals surface area contributed by atoms with Crippen LogP contribution in [0.15, 0.2) is 24.3 Å². The molecule has 0 unspecified atom stereocenters. The molecule has 1 aromatic carbocycles. The van der Waals surface area contributed by atoms with Gasteiger partial charge in [-0.2, -0.15) is 0 Å². The van der Waals surface area contributed by atoms with Crippen LogP contribution in [0, 0.1) is 23.7 Å². The smallest absolute Gasteiger partial charge is 0.0132 e. The molecule has 2 saturated heterocycles. The van der Waals surface area contributed by atoms with Gasteiger partial charge >= 0.3 is 0 Å². The summed E-state index contributed by atoms with van der Waals surface area (Å²) >= 11 is 0. The summed E-state index contributed by atoms with van der Waals surface area (Å²) in [6, 6.07) is 10.4. The Hall–Kier alpha value is 0.0800. The Morgan fingerprint density at radius 2 is 0.632 bits per heavy atom. The largest absolute Gasteiger partial charge is 0.0677 e. The van der Waals surface area contributed by atoms with Crippen LogP contribution in [-0.2, 0) is 0 Å². The van der Waals surface area contributed by atoms with Crippen molar-refractivity contribution in [3.05, 3.63) is 24.3 Å². The van der Waals surface area contributed by atoms with E-state index in [-0.39, 0.29) is 15.8 Å². The van der Waals surface area contributed by atoms with Crippen molar-refractivity contribution in [3.63, 3.8) is 0 Å². The molecule has 0 bridgehead atoms. The van der Waals surface area contributed by atoms with E-state index in [4.69, 9.17) is 0 Å². The van der Waals surface area contributed by atoms with E-state index >= 15 is 0 Å². The molecule has 0 amide bonds. The van der Waals surface area contributed by atoms with E-state index < -0.39 is 0 Å². The first-order chi connectivity index (χ1) is 18.9. The molecule has 2 heterocycles. The molecule has 0 radical (unpaired) electrons. The Balaban J connectivity index is 1.22. The van der Waals surface area contributed by atoms with Crippen LogP contribution >= 0.6 is 15.8 Å². The van der Waals surface area contributed by atoms with Gasteiger partial charge in [-0.05, 0) is 121 Å². The Morgan fingerprint density at radius 3 is 0.895 bits per heavy atom. The zero-order valence-corrected chi connectivity index (χ0v) is 26.2. The number of rotatable bonds is 6. The van der Waals surface area contributed by atoms with E-state index in [2.05, 4.69) is 24.3 Å². The predicted molar refractivity (Wildman–Crippen MR) is 170 cm³/mol. The molecule has 7 rings (SSSR count). The van der Waals surface area contributed by atoms with Crippen LogP contribution in [0.5, 0.6) is 0 Å². The van der Waals surface area contributed by atoms with Crippen LogP contribution in [0.4, 0.5) is 0 Å². The van der Waals surface area contributed by atoms with Gasteiger partial charge in [0, 0.05) is 0 Å². The lowest BCUT2D eigenvalue weighted by Gasteiger charge is -2.57. The maximum absolute atomic E-state index is 2.74. The molecule has 6 fully saturated rings. The summed E-state index contributed by atoms with van der Waals surface area (Å²) in [5.41, 5.74) is 4.32. The monoisotopic (exact) mass is 550 g/mol. The Bertz CT molecular complexity index is 765. The summed E-state index contributed by atoms with van der Waals surface area (Å²) in [4.78, 5) is 0. The van der Waals surface area contributed by atoms with Crippen LogP contribution in [0.1, 0.15) is 141 Å². The fraction of sp³-hybridized carbons (Fsp3) is 0.833. The predicted octanol–water partition coefficient (Wildman–Crippen LogP) is 10.5. The topological polar surface area (TPSA) is 0 Å². The summed E-state index contributed by atoms with van der Waals surface area (Å²) in [5, 5.41) is 3.99. The lowest BCUT2D eigenvalue weighted by Crippen LogP contribution is -2.51. The second kappa shape index (κ2) is 12.5. The quantitative estimate of drug-likeness (QED) is 0.309. The van der Waals surface area contributed by atoms with Gasteiger partial charge in [0.25, 0.3) is 0 Å². The first kappa shape index (κ1) is 26.9. The standard InChI is InChI=1S/C36H56P2/c1-5-15-27(16-6-1)33-25-34(28-17-7-2-8-18-28)37(33)31-23-13-14-24-32(31)38-35(29-19-9-3-10-20-29)26-36(38)30-21-11-4-12-22-30/h13-14,23-24,27-30,33-36H,1-12,15-22,25-26H2/t33-,34-,35-,36-/m1/s1. The average Bonchev–Trinajstić information content (AvgIpc) is 2.95. The zero-order chi connectivity index (χ0) is 25.3. The fourth-order valence-corrected chi connectivity index (χ4v) is 18.9. The third kappa shape index (κ3) is 5.35. The van der Waals surface area contributed by atoms with Gasteiger partial charge < -0.3 is 0 Å². The molecule has 210 valence electrons. The SMILES string of the molecule is c1ccc(P2[C@@H](C3CCCCC3)C[C@@H]2C2CCCCC2)c(P2[C@@H](C3CCCCC3)C[C@@H]2C2CCCCC2)c1. The first-order valence-corrected chi connectivity index (χ1v) is 20.5. The van der Waals surface area contributed by atoms with Crippen molar-refractivity contribution in [2.45, 2.75) is 164 Å². The van der Waals surface area contributed by atoms with E-state index in [0.29, 0.717) is 0 Å². The highest BCUT2D eigenvalue weighted by atomic mass is 31.1. The molecular weight excluding hydrogens is 494 g/mol. The van der Waals surface area contributed by atoms with E-state index in [1.165, 1.54) is 77.0 Å². The molecule has 4 atom stereocenters. The fourth-order valence-electron chi connectivity index (χ4n) is 10.5. The Kier molecular flexibility index (Phi) is 8.88.